The van der Waals surface area contributed by atoms with Crippen molar-refractivity contribution < 1.29 is 0 Å². The third-order valence-electron chi connectivity index (χ3n) is 4.11. The molecule has 1 aromatic heterocycles. The molecule has 1 atom stereocenters. The van der Waals surface area contributed by atoms with E-state index in [1.165, 1.54) is 42.9 Å². The zero-order chi connectivity index (χ0) is 12.4. The van der Waals surface area contributed by atoms with E-state index < -0.39 is 0 Å². The third kappa shape index (κ3) is 2.54. The van der Waals surface area contributed by atoms with E-state index in [0.717, 1.165) is 32.1 Å². The van der Waals surface area contributed by atoms with Crippen LogP contribution < -0.4 is 10.2 Å². The van der Waals surface area contributed by atoms with Gasteiger partial charge in [-0.1, -0.05) is 19.8 Å². The quantitative estimate of drug-likeness (QED) is 0.910. The first-order valence-electron chi connectivity index (χ1n) is 7.31. The SMILES string of the molecule is CCCC1CCc2nc(N3CCNCC3)sc2C1. The second-order valence-electron chi connectivity index (χ2n) is 5.50. The fourth-order valence-corrected chi connectivity index (χ4v) is 4.35. The van der Waals surface area contributed by atoms with E-state index in [1.807, 2.05) is 11.3 Å². The van der Waals surface area contributed by atoms with E-state index in [2.05, 4.69) is 17.1 Å². The number of aromatic nitrogens is 1. The van der Waals surface area contributed by atoms with Crippen LogP contribution >= 0.6 is 11.3 Å². The average molecular weight is 265 g/mol. The van der Waals surface area contributed by atoms with Gasteiger partial charge in [-0.2, -0.15) is 0 Å². The van der Waals surface area contributed by atoms with Crippen LogP contribution in [0.25, 0.3) is 0 Å². The molecule has 1 aliphatic heterocycles. The van der Waals surface area contributed by atoms with Crippen LogP contribution in [0.4, 0.5) is 5.13 Å². The Morgan fingerprint density at radius 3 is 3.00 bits per heavy atom. The number of rotatable bonds is 3. The number of anilines is 1. The van der Waals surface area contributed by atoms with Gasteiger partial charge in [0.25, 0.3) is 0 Å². The van der Waals surface area contributed by atoms with Crippen LogP contribution in [0.5, 0.6) is 0 Å². The lowest BCUT2D eigenvalue weighted by atomic mass is 9.88. The van der Waals surface area contributed by atoms with Gasteiger partial charge in [-0.3, -0.25) is 0 Å². The predicted molar refractivity (Wildman–Crippen MR) is 77.6 cm³/mol. The molecule has 0 radical (unpaired) electrons. The summed E-state index contributed by atoms with van der Waals surface area (Å²) in [5.41, 5.74) is 1.40. The van der Waals surface area contributed by atoms with Gasteiger partial charge in [0, 0.05) is 31.1 Å². The Balaban J connectivity index is 1.72. The van der Waals surface area contributed by atoms with Crippen molar-refractivity contribution in [2.75, 3.05) is 31.1 Å². The molecule has 2 heterocycles. The number of nitrogens with zero attached hydrogens (tertiary/aromatic N) is 2. The molecule has 2 aliphatic rings. The molecule has 1 aromatic rings. The van der Waals surface area contributed by atoms with Crippen LogP contribution in [0.1, 0.15) is 36.8 Å². The summed E-state index contributed by atoms with van der Waals surface area (Å²) in [6.07, 6.45) is 6.56. The Morgan fingerprint density at radius 1 is 1.39 bits per heavy atom. The summed E-state index contributed by atoms with van der Waals surface area (Å²) in [7, 11) is 0. The fourth-order valence-electron chi connectivity index (χ4n) is 3.08. The Morgan fingerprint density at radius 2 is 2.22 bits per heavy atom. The average Bonchev–Trinajstić information content (AvgIpc) is 2.83. The van der Waals surface area contributed by atoms with Crippen molar-refractivity contribution in [3.63, 3.8) is 0 Å². The first-order chi connectivity index (χ1) is 8.86. The molecule has 0 amide bonds. The molecule has 0 spiro atoms. The summed E-state index contributed by atoms with van der Waals surface area (Å²) in [5, 5.41) is 4.68. The monoisotopic (exact) mass is 265 g/mol. The smallest absolute Gasteiger partial charge is 0.185 e. The summed E-state index contributed by atoms with van der Waals surface area (Å²) in [4.78, 5) is 8.92. The van der Waals surface area contributed by atoms with Gasteiger partial charge in [0.1, 0.15) is 0 Å². The zero-order valence-corrected chi connectivity index (χ0v) is 12.1. The normalized spacial score (nSPS) is 24.1. The van der Waals surface area contributed by atoms with Crippen LogP contribution in [0.15, 0.2) is 0 Å². The third-order valence-corrected chi connectivity index (χ3v) is 5.30. The highest BCUT2D eigenvalue weighted by Gasteiger charge is 2.24. The number of piperazine rings is 1. The van der Waals surface area contributed by atoms with E-state index in [4.69, 9.17) is 4.98 Å². The van der Waals surface area contributed by atoms with Gasteiger partial charge in [-0.25, -0.2) is 4.98 Å². The van der Waals surface area contributed by atoms with Crippen molar-refractivity contribution in [3.05, 3.63) is 10.6 Å². The molecule has 4 heteroatoms. The summed E-state index contributed by atoms with van der Waals surface area (Å²) in [6.45, 7) is 6.73. The fraction of sp³-hybridized carbons (Fsp3) is 0.786. The number of fused-ring (bicyclic) bond motifs is 1. The lowest BCUT2D eigenvalue weighted by Gasteiger charge is -2.26. The maximum absolute atomic E-state index is 4.89. The van der Waals surface area contributed by atoms with E-state index in [-0.39, 0.29) is 0 Å². The molecule has 1 aliphatic carbocycles. The van der Waals surface area contributed by atoms with E-state index in [1.54, 1.807) is 4.88 Å². The summed E-state index contributed by atoms with van der Waals surface area (Å²) in [6, 6.07) is 0. The molecule has 0 saturated carbocycles. The minimum Gasteiger partial charge on any atom is -0.346 e. The van der Waals surface area contributed by atoms with Crippen LogP contribution in [0.2, 0.25) is 0 Å². The molecule has 1 fully saturated rings. The van der Waals surface area contributed by atoms with Gasteiger partial charge in [0.05, 0.1) is 5.69 Å². The maximum atomic E-state index is 4.89. The number of hydrogen-bond donors (Lipinski definition) is 1. The molecule has 1 saturated heterocycles. The molecule has 18 heavy (non-hydrogen) atoms. The predicted octanol–water partition coefficient (Wildman–Crippen LogP) is 2.46. The lowest BCUT2D eigenvalue weighted by molar-refractivity contribution is 0.423. The molecule has 1 unspecified atom stereocenters. The summed E-state index contributed by atoms with van der Waals surface area (Å²) < 4.78 is 0. The Bertz CT molecular complexity index is 396. The van der Waals surface area contributed by atoms with Crippen LogP contribution in [-0.2, 0) is 12.8 Å². The molecular formula is C14H23N3S. The number of hydrogen-bond acceptors (Lipinski definition) is 4. The highest BCUT2D eigenvalue weighted by molar-refractivity contribution is 7.15. The van der Waals surface area contributed by atoms with E-state index in [9.17, 15) is 0 Å². The minimum atomic E-state index is 0.916. The van der Waals surface area contributed by atoms with Crippen LogP contribution in [0.3, 0.4) is 0 Å². The number of aryl methyl sites for hydroxylation is 1. The lowest BCUT2D eigenvalue weighted by Crippen LogP contribution is -2.43. The highest BCUT2D eigenvalue weighted by atomic mass is 32.1. The molecule has 100 valence electrons. The maximum Gasteiger partial charge on any atom is 0.185 e. The van der Waals surface area contributed by atoms with Gasteiger partial charge in [0.2, 0.25) is 0 Å². The molecule has 3 rings (SSSR count). The standard InChI is InChI=1S/C14H23N3S/c1-2-3-11-4-5-12-13(10-11)18-14(16-12)17-8-6-15-7-9-17/h11,15H,2-10H2,1H3. The first-order valence-corrected chi connectivity index (χ1v) is 8.12. The largest absolute Gasteiger partial charge is 0.346 e. The Labute approximate surface area is 114 Å². The minimum absolute atomic E-state index is 0.916. The summed E-state index contributed by atoms with van der Waals surface area (Å²) in [5.74, 6) is 0.916. The Hall–Kier alpha value is -0.610. The molecular weight excluding hydrogens is 242 g/mol. The summed E-state index contributed by atoms with van der Waals surface area (Å²) >= 11 is 1.96. The van der Waals surface area contributed by atoms with E-state index in [0.29, 0.717) is 0 Å². The second kappa shape index (κ2) is 5.57. The molecule has 3 nitrogen and oxygen atoms in total. The van der Waals surface area contributed by atoms with Crippen LogP contribution in [-0.4, -0.2) is 31.2 Å². The van der Waals surface area contributed by atoms with Crippen molar-refractivity contribution in [3.8, 4) is 0 Å². The molecule has 0 bridgehead atoms. The zero-order valence-electron chi connectivity index (χ0n) is 11.2. The van der Waals surface area contributed by atoms with Crippen LogP contribution in [0, 0.1) is 5.92 Å². The van der Waals surface area contributed by atoms with Crippen molar-refractivity contribution in [2.24, 2.45) is 5.92 Å². The van der Waals surface area contributed by atoms with Gasteiger partial charge in [-0.05, 0) is 25.2 Å². The highest BCUT2D eigenvalue weighted by Crippen LogP contribution is 2.35. The van der Waals surface area contributed by atoms with Crippen molar-refractivity contribution in [1.82, 2.24) is 10.3 Å². The molecule has 1 N–H and O–H groups in total. The second-order valence-corrected chi connectivity index (χ2v) is 6.56. The van der Waals surface area contributed by atoms with Crippen molar-refractivity contribution >= 4 is 16.5 Å². The van der Waals surface area contributed by atoms with Gasteiger partial charge in [-0.15, -0.1) is 11.3 Å². The molecule has 0 aromatic carbocycles. The Kier molecular flexibility index (Phi) is 3.85. The van der Waals surface area contributed by atoms with Crippen molar-refractivity contribution in [1.29, 1.82) is 0 Å². The topological polar surface area (TPSA) is 28.2 Å². The van der Waals surface area contributed by atoms with E-state index >= 15 is 0 Å². The van der Waals surface area contributed by atoms with Gasteiger partial charge >= 0.3 is 0 Å². The van der Waals surface area contributed by atoms with Crippen molar-refractivity contribution in [2.45, 2.75) is 39.0 Å². The van der Waals surface area contributed by atoms with Gasteiger partial charge < -0.3 is 10.2 Å². The first kappa shape index (κ1) is 12.4. The van der Waals surface area contributed by atoms with Gasteiger partial charge in [0.15, 0.2) is 5.13 Å². The number of nitrogens with one attached hydrogen (secondary N) is 1. The number of thiazole rings is 1.